The van der Waals surface area contributed by atoms with Gasteiger partial charge in [0, 0.05) is 29.8 Å². The number of hydrogen-bond acceptors (Lipinski definition) is 7. The Kier molecular flexibility index (Phi) is 5.11. The van der Waals surface area contributed by atoms with E-state index in [1.165, 1.54) is 25.7 Å². The summed E-state index contributed by atoms with van der Waals surface area (Å²) in [7, 11) is 2.91. The molecule has 2 unspecified atom stereocenters. The molecule has 12 heteroatoms. The molecule has 33 heavy (non-hydrogen) atoms. The van der Waals surface area contributed by atoms with Gasteiger partial charge in [0.05, 0.1) is 32.8 Å². The van der Waals surface area contributed by atoms with Crippen LogP contribution >= 0.6 is 0 Å². The number of halogens is 2. The molecule has 1 amide bonds. The number of fused-ring (bicyclic) bond motifs is 1. The van der Waals surface area contributed by atoms with Crippen LogP contribution in [0.2, 0.25) is 0 Å². The fourth-order valence-corrected chi connectivity index (χ4v) is 3.75. The van der Waals surface area contributed by atoms with Crippen molar-refractivity contribution in [2.24, 2.45) is 5.92 Å². The summed E-state index contributed by atoms with van der Waals surface area (Å²) >= 11 is 0. The number of amides is 1. The van der Waals surface area contributed by atoms with Crippen LogP contribution in [0.25, 0.3) is 17.0 Å². The number of ether oxygens (including phenoxy) is 2. The van der Waals surface area contributed by atoms with Crippen LogP contribution in [0, 0.1) is 5.92 Å². The third kappa shape index (κ3) is 3.83. The van der Waals surface area contributed by atoms with E-state index in [2.05, 4.69) is 25.4 Å². The summed E-state index contributed by atoms with van der Waals surface area (Å²) in [5, 5.41) is 6.47. The Labute approximate surface area is 186 Å². The number of carbonyl (C=O) groups is 1. The van der Waals surface area contributed by atoms with Crippen molar-refractivity contribution in [2.45, 2.75) is 18.9 Å². The van der Waals surface area contributed by atoms with Gasteiger partial charge in [0.2, 0.25) is 11.8 Å². The van der Waals surface area contributed by atoms with Crippen molar-refractivity contribution in [3.05, 3.63) is 48.7 Å². The summed E-state index contributed by atoms with van der Waals surface area (Å²) in [4.78, 5) is 25.7. The Balaban J connectivity index is 1.35. The molecule has 1 fully saturated rings. The van der Waals surface area contributed by atoms with E-state index in [-0.39, 0.29) is 34.9 Å². The quantitative estimate of drug-likeness (QED) is 0.456. The molecule has 1 aliphatic rings. The molecular weight excluding hydrogens is 436 g/mol. The third-order valence-corrected chi connectivity index (χ3v) is 5.46. The second-order valence-electron chi connectivity index (χ2n) is 7.49. The standard InChI is InChI=1S/C21H19F2N7O3/c1-32-15-7-25-30(21(22)23)19(15)14-9-29-10-16(27-17(29)8-24-14)28-20(31)12-6-11(12)13-4-3-5-18(26-13)33-2/h3-5,7-12,21H,6H2,1-2H3,(H,28,31). The zero-order valence-corrected chi connectivity index (χ0v) is 17.6. The Morgan fingerprint density at radius 1 is 1.18 bits per heavy atom. The van der Waals surface area contributed by atoms with Crippen LogP contribution < -0.4 is 14.8 Å². The first kappa shape index (κ1) is 20.8. The number of nitrogens with one attached hydrogen (secondary N) is 1. The Hall–Kier alpha value is -4.09. The summed E-state index contributed by atoms with van der Waals surface area (Å²) in [5.41, 5.74) is 1.51. The number of imidazole rings is 1. The monoisotopic (exact) mass is 455 g/mol. The highest BCUT2D eigenvalue weighted by molar-refractivity contribution is 5.94. The predicted octanol–water partition coefficient (Wildman–Crippen LogP) is 3.14. The molecule has 0 aliphatic heterocycles. The molecule has 170 valence electrons. The van der Waals surface area contributed by atoms with Crippen molar-refractivity contribution in [2.75, 3.05) is 19.5 Å². The normalized spacial score (nSPS) is 17.4. The molecule has 0 spiro atoms. The molecule has 1 saturated carbocycles. The summed E-state index contributed by atoms with van der Waals surface area (Å²) in [6, 6.07) is 5.47. The van der Waals surface area contributed by atoms with Crippen molar-refractivity contribution in [3.8, 4) is 23.0 Å². The van der Waals surface area contributed by atoms with Gasteiger partial charge in [-0.1, -0.05) is 6.07 Å². The predicted molar refractivity (Wildman–Crippen MR) is 112 cm³/mol. The average Bonchev–Trinajstić information content (AvgIpc) is 3.34. The largest absolute Gasteiger partial charge is 0.493 e. The lowest BCUT2D eigenvalue weighted by Gasteiger charge is -2.07. The number of rotatable bonds is 7. The topological polar surface area (TPSA) is 108 Å². The van der Waals surface area contributed by atoms with Crippen LogP contribution in [0.15, 0.2) is 43.0 Å². The van der Waals surface area contributed by atoms with Gasteiger partial charge in [0.15, 0.2) is 17.2 Å². The first-order valence-corrected chi connectivity index (χ1v) is 10.0. The van der Waals surface area contributed by atoms with E-state index in [4.69, 9.17) is 9.47 Å². The van der Waals surface area contributed by atoms with E-state index in [9.17, 15) is 13.6 Å². The summed E-state index contributed by atoms with van der Waals surface area (Å²) < 4.78 is 39.1. The van der Waals surface area contributed by atoms with Gasteiger partial charge in [-0.15, -0.1) is 0 Å². The van der Waals surface area contributed by atoms with Gasteiger partial charge in [0.25, 0.3) is 0 Å². The molecule has 0 radical (unpaired) electrons. The average molecular weight is 455 g/mol. The molecule has 5 rings (SSSR count). The molecule has 0 saturated heterocycles. The maximum Gasteiger partial charge on any atom is 0.333 e. The molecule has 1 aliphatic carbocycles. The van der Waals surface area contributed by atoms with Crippen LogP contribution in [-0.4, -0.2) is 49.3 Å². The van der Waals surface area contributed by atoms with Gasteiger partial charge in [-0.05, 0) is 12.5 Å². The van der Waals surface area contributed by atoms with Crippen LogP contribution in [0.4, 0.5) is 14.6 Å². The molecule has 4 aromatic heterocycles. The molecular formula is C21H19F2N7O3. The van der Waals surface area contributed by atoms with E-state index in [0.29, 0.717) is 28.4 Å². The fourth-order valence-electron chi connectivity index (χ4n) is 3.75. The SMILES string of the molecule is COc1cccc(C2CC2C(=O)Nc2cn3cc(-c4c(OC)cnn4C(F)F)ncc3n2)n1. The van der Waals surface area contributed by atoms with Crippen LogP contribution in [0.1, 0.15) is 24.6 Å². The fraction of sp³-hybridized carbons (Fsp3) is 0.286. The van der Waals surface area contributed by atoms with Crippen LogP contribution in [0.5, 0.6) is 11.6 Å². The first-order chi connectivity index (χ1) is 16.0. The molecule has 0 aromatic carbocycles. The highest BCUT2D eigenvalue weighted by Crippen LogP contribution is 2.47. The zero-order chi connectivity index (χ0) is 23.1. The molecule has 4 aromatic rings. The number of pyridine rings is 1. The lowest BCUT2D eigenvalue weighted by atomic mass is 10.2. The minimum atomic E-state index is -2.86. The van der Waals surface area contributed by atoms with E-state index < -0.39 is 6.55 Å². The highest BCUT2D eigenvalue weighted by atomic mass is 19.3. The van der Waals surface area contributed by atoms with Crippen molar-refractivity contribution < 1.29 is 23.0 Å². The third-order valence-electron chi connectivity index (χ3n) is 5.46. The number of aromatic nitrogens is 6. The van der Waals surface area contributed by atoms with E-state index in [1.54, 1.807) is 23.8 Å². The number of anilines is 1. The van der Waals surface area contributed by atoms with Gasteiger partial charge < -0.3 is 19.2 Å². The first-order valence-electron chi connectivity index (χ1n) is 10.0. The minimum absolute atomic E-state index is 0.0208. The number of nitrogens with zero attached hydrogens (tertiary/aromatic N) is 6. The molecule has 4 heterocycles. The molecule has 0 bridgehead atoms. The lowest BCUT2D eigenvalue weighted by molar-refractivity contribution is -0.117. The van der Waals surface area contributed by atoms with Gasteiger partial charge in [-0.25, -0.2) is 15.0 Å². The number of carbonyl (C=O) groups excluding carboxylic acids is 1. The maximum absolute atomic E-state index is 13.3. The second-order valence-corrected chi connectivity index (χ2v) is 7.49. The van der Waals surface area contributed by atoms with Crippen LogP contribution in [-0.2, 0) is 4.79 Å². The number of hydrogen-bond donors (Lipinski definition) is 1. The smallest absolute Gasteiger partial charge is 0.333 e. The molecule has 10 nitrogen and oxygen atoms in total. The number of alkyl halides is 2. The lowest BCUT2D eigenvalue weighted by Crippen LogP contribution is -2.15. The van der Waals surface area contributed by atoms with Crippen molar-refractivity contribution >= 4 is 17.4 Å². The van der Waals surface area contributed by atoms with Crippen molar-refractivity contribution in [1.29, 1.82) is 0 Å². The number of methoxy groups -OCH3 is 2. The highest BCUT2D eigenvalue weighted by Gasteiger charge is 2.45. The Morgan fingerprint density at radius 3 is 2.79 bits per heavy atom. The minimum Gasteiger partial charge on any atom is -0.493 e. The maximum atomic E-state index is 13.3. The van der Waals surface area contributed by atoms with Gasteiger partial charge in [-0.3, -0.25) is 4.79 Å². The molecule has 1 N–H and O–H groups in total. The van der Waals surface area contributed by atoms with E-state index in [0.717, 1.165) is 5.69 Å². The van der Waals surface area contributed by atoms with Crippen molar-refractivity contribution in [3.63, 3.8) is 0 Å². The summed E-state index contributed by atoms with van der Waals surface area (Å²) in [6.07, 6.45) is 6.43. The Morgan fingerprint density at radius 2 is 2.03 bits per heavy atom. The van der Waals surface area contributed by atoms with Gasteiger partial charge in [-0.2, -0.15) is 18.6 Å². The van der Waals surface area contributed by atoms with E-state index >= 15 is 0 Å². The van der Waals surface area contributed by atoms with Gasteiger partial charge >= 0.3 is 6.55 Å². The Bertz CT molecular complexity index is 1340. The van der Waals surface area contributed by atoms with Crippen LogP contribution in [0.3, 0.4) is 0 Å². The summed E-state index contributed by atoms with van der Waals surface area (Å²) in [5.74, 6) is 0.644. The summed E-state index contributed by atoms with van der Waals surface area (Å²) in [6.45, 7) is -2.86. The molecule has 2 atom stereocenters. The second kappa shape index (κ2) is 8.11. The van der Waals surface area contributed by atoms with Crippen molar-refractivity contribution in [1.82, 2.24) is 29.1 Å². The van der Waals surface area contributed by atoms with E-state index in [1.807, 2.05) is 12.1 Å². The zero-order valence-electron chi connectivity index (χ0n) is 17.6. The van der Waals surface area contributed by atoms with Gasteiger partial charge in [0.1, 0.15) is 11.4 Å².